The fourth-order valence-corrected chi connectivity index (χ4v) is 2.18. The summed E-state index contributed by atoms with van der Waals surface area (Å²) in [4.78, 5) is 11.0. The summed E-state index contributed by atoms with van der Waals surface area (Å²) >= 11 is 0. The summed E-state index contributed by atoms with van der Waals surface area (Å²) < 4.78 is 44.4. The first-order valence-corrected chi connectivity index (χ1v) is 6.92. The van der Waals surface area contributed by atoms with Gasteiger partial charge < -0.3 is 9.52 Å². The van der Waals surface area contributed by atoms with Gasteiger partial charge in [-0.05, 0) is 36.8 Å². The van der Waals surface area contributed by atoms with Crippen LogP contribution in [0.25, 0.3) is 17.4 Å². The number of hydrogen-bond donors (Lipinski definition) is 1. The molecule has 0 saturated carbocycles. The average molecular weight is 335 g/mol. The lowest BCUT2D eigenvalue weighted by atomic mass is 10.00. The number of aliphatic carboxylic acids is 1. The largest absolute Gasteiger partial charge is 0.478 e. The molecule has 0 saturated heterocycles. The van der Waals surface area contributed by atoms with Gasteiger partial charge in [0.25, 0.3) is 0 Å². The SMILES string of the molecule is CCC(=Cc1ccc(-c2cccc(C(F)(F)F)c2C#N)o1)C(=O)O. The van der Waals surface area contributed by atoms with E-state index >= 15 is 0 Å². The predicted molar refractivity (Wildman–Crippen MR) is 79.8 cm³/mol. The third-order valence-electron chi connectivity index (χ3n) is 3.35. The highest BCUT2D eigenvalue weighted by atomic mass is 19.4. The van der Waals surface area contributed by atoms with Crippen molar-refractivity contribution in [1.29, 1.82) is 5.26 Å². The van der Waals surface area contributed by atoms with Crippen LogP contribution in [0.15, 0.2) is 40.3 Å². The van der Waals surface area contributed by atoms with Crippen molar-refractivity contribution in [2.24, 2.45) is 0 Å². The molecule has 24 heavy (non-hydrogen) atoms. The van der Waals surface area contributed by atoms with Gasteiger partial charge in [0.05, 0.1) is 11.1 Å². The fourth-order valence-electron chi connectivity index (χ4n) is 2.18. The first kappa shape index (κ1) is 17.3. The standard InChI is InChI=1S/C17H12F3NO3/c1-2-10(16(22)23)8-11-6-7-15(24-11)12-4-3-5-14(13(12)9-21)17(18,19)20/h3-8H,2H2,1H3,(H,22,23). The highest BCUT2D eigenvalue weighted by molar-refractivity contribution is 5.91. The van der Waals surface area contributed by atoms with Gasteiger partial charge in [0.1, 0.15) is 17.6 Å². The number of hydrogen-bond acceptors (Lipinski definition) is 3. The number of nitriles is 1. The van der Waals surface area contributed by atoms with Gasteiger partial charge in [-0.25, -0.2) is 4.79 Å². The minimum absolute atomic E-state index is 0.000323. The third kappa shape index (κ3) is 3.49. The Morgan fingerprint density at radius 1 is 1.33 bits per heavy atom. The van der Waals surface area contributed by atoms with Crippen LogP contribution in [0.2, 0.25) is 0 Å². The molecule has 0 aliphatic carbocycles. The highest BCUT2D eigenvalue weighted by Crippen LogP contribution is 2.36. The molecule has 0 bridgehead atoms. The molecule has 124 valence electrons. The smallest absolute Gasteiger partial charge is 0.417 e. The number of nitrogens with zero attached hydrogens (tertiary/aromatic N) is 1. The number of carboxylic acid groups (broad SMARTS) is 1. The molecule has 4 nitrogen and oxygen atoms in total. The lowest BCUT2D eigenvalue weighted by Gasteiger charge is -2.10. The lowest BCUT2D eigenvalue weighted by Crippen LogP contribution is -2.08. The Morgan fingerprint density at radius 3 is 2.58 bits per heavy atom. The van der Waals surface area contributed by atoms with Crippen LogP contribution in [-0.4, -0.2) is 11.1 Å². The van der Waals surface area contributed by atoms with Crippen molar-refractivity contribution in [1.82, 2.24) is 0 Å². The Morgan fingerprint density at radius 2 is 2.04 bits per heavy atom. The van der Waals surface area contributed by atoms with Crippen molar-refractivity contribution >= 4 is 12.0 Å². The predicted octanol–water partition coefficient (Wildman–Crippen LogP) is 4.72. The van der Waals surface area contributed by atoms with Crippen LogP contribution in [0.4, 0.5) is 13.2 Å². The van der Waals surface area contributed by atoms with E-state index in [0.717, 1.165) is 6.07 Å². The molecular weight excluding hydrogens is 323 g/mol. The molecule has 0 spiro atoms. The van der Waals surface area contributed by atoms with Gasteiger partial charge in [0, 0.05) is 11.1 Å². The maximum Gasteiger partial charge on any atom is 0.417 e. The molecular formula is C17H12F3NO3. The summed E-state index contributed by atoms with van der Waals surface area (Å²) in [6.07, 6.45) is -3.10. The molecule has 7 heteroatoms. The molecule has 0 atom stereocenters. The topological polar surface area (TPSA) is 74.2 Å². The third-order valence-corrected chi connectivity index (χ3v) is 3.35. The number of carboxylic acids is 1. The zero-order valence-corrected chi connectivity index (χ0v) is 12.5. The van der Waals surface area contributed by atoms with Gasteiger partial charge in [-0.2, -0.15) is 18.4 Å². The summed E-state index contributed by atoms with van der Waals surface area (Å²) in [6.45, 7) is 1.66. The zero-order valence-electron chi connectivity index (χ0n) is 12.5. The number of halogens is 3. The van der Waals surface area contributed by atoms with Crippen LogP contribution in [0.1, 0.15) is 30.2 Å². The first-order valence-electron chi connectivity index (χ1n) is 6.92. The number of rotatable bonds is 4. The first-order chi connectivity index (χ1) is 11.3. The summed E-state index contributed by atoms with van der Waals surface area (Å²) in [6, 6.07) is 7.76. The monoisotopic (exact) mass is 335 g/mol. The molecule has 2 aromatic rings. The van der Waals surface area contributed by atoms with Gasteiger partial charge >= 0.3 is 12.1 Å². The highest BCUT2D eigenvalue weighted by Gasteiger charge is 2.34. The van der Waals surface area contributed by atoms with Crippen LogP contribution in [0, 0.1) is 11.3 Å². The van der Waals surface area contributed by atoms with E-state index in [0.29, 0.717) is 0 Å². The van der Waals surface area contributed by atoms with Crippen molar-refractivity contribution < 1.29 is 27.5 Å². The molecule has 0 unspecified atom stereocenters. The van der Waals surface area contributed by atoms with Crippen molar-refractivity contribution in [3.8, 4) is 17.4 Å². The second kappa shape index (κ2) is 6.62. The van der Waals surface area contributed by atoms with E-state index in [1.165, 1.54) is 30.3 Å². The van der Waals surface area contributed by atoms with Crippen LogP contribution in [0.5, 0.6) is 0 Å². The molecule has 0 radical (unpaired) electrons. The zero-order chi connectivity index (χ0) is 17.9. The minimum Gasteiger partial charge on any atom is -0.478 e. The number of benzene rings is 1. The molecule has 1 aromatic heterocycles. The van der Waals surface area contributed by atoms with E-state index in [2.05, 4.69) is 0 Å². The number of furan rings is 1. The second-order valence-electron chi connectivity index (χ2n) is 4.87. The summed E-state index contributed by atoms with van der Waals surface area (Å²) in [5, 5.41) is 18.1. The normalized spacial score (nSPS) is 12.0. The molecule has 1 N–H and O–H groups in total. The molecule has 2 rings (SSSR count). The van der Waals surface area contributed by atoms with Crippen LogP contribution in [-0.2, 0) is 11.0 Å². The van der Waals surface area contributed by atoms with Crippen LogP contribution in [0.3, 0.4) is 0 Å². The Kier molecular flexibility index (Phi) is 4.79. The van der Waals surface area contributed by atoms with E-state index in [4.69, 9.17) is 14.8 Å². The van der Waals surface area contributed by atoms with Gasteiger partial charge in [0.2, 0.25) is 0 Å². The molecule has 0 aliphatic rings. The second-order valence-corrected chi connectivity index (χ2v) is 4.87. The summed E-state index contributed by atoms with van der Waals surface area (Å²) in [5.41, 5.74) is -1.49. The molecule has 0 amide bonds. The van der Waals surface area contributed by atoms with Crippen molar-refractivity contribution in [2.45, 2.75) is 19.5 Å². The quantitative estimate of drug-likeness (QED) is 0.821. The molecule has 0 aliphatic heterocycles. The summed E-state index contributed by atoms with van der Waals surface area (Å²) in [7, 11) is 0. The van der Waals surface area contributed by atoms with E-state index in [-0.39, 0.29) is 29.1 Å². The van der Waals surface area contributed by atoms with Crippen molar-refractivity contribution in [3.05, 3.63) is 52.8 Å². The molecule has 1 aromatic carbocycles. The van der Waals surface area contributed by atoms with E-state index in [1.807, 2.05) is 0 Å². The summed E-state index contributed by atoms with van der Waals surface area (Å²) in [5.74, 6) is -0.859. The maximum absolute atomic E-state index is 13.0. The van der Waals surface area contributed by atoms with Crippen LogP contribution < -0.4 is 0 Å². The van der Waals surface area contributed by atoms with Gasteiger partial charge in [-0.1, -0.05) is 13.0 Å². The fraction of sp³-hybridized carbons (Fsp3) is 0.176. The van der Waals surface area contributed by atoms with E-state index in [1.54, 1.807) is 13.0 Å². The lowest BCUT2D eigenvalue weighted by molar-refractivity contribution is -0.137. The Balaban J connectivity index is 2.52. The Hall–Kier alpha value is -3.01. The van der Waals surface area contributed by atoms with Gasteiger partial charge in [-0.15, -0.1) is 0 Å². The molecule has 1 heterocycles. The van der Waals surface area contributed by atoms with Crippen molar-refractivity contribution in [3.63, 3.8) is 0 Å². The van der Waals surface area contributed by atoms with Crippen molar-refractivity contribution in [2.75, 3.05) is 0 Å². The minimum atomic E-state index is -4.66. The maximum atomic E-state index is 13.0. The van der Waals surface area contributed by atoms with E-state index < -0.39 is 23.3 Å². The average Bonchev–Trinajstić information content (AvgIpc) is 2.99. The van der Waals surface area contributed by atoms with E-state index in [9.17, 15) is 18.0 Å². The Bertz CT molecular complexity index is 841. The van der Waals surface area contributed by atoms with Gasteiger partial charge in [0.15, 0.2) is 0 Å². The number of alkyl halides is 3. The number of carbonyl (C=O) groups is 1. The van der Waals surface area contributed by atoms with Gasteiger partial charge in [-0.3, -0.25) is 0 Å². The Labute approximate surface area is 135 Å². The molecule has 0 fully saturated rings. The van der Waals surface area contributed by atoms with Crippen LogP contribution >= 0.6 is 0 Å².